The largest absolute Gasteiger partial charge is 1.00 e. The molecule has 6 heteroatoms. The van der Waals surface area contributed by atoms with Crippen molar-refractivity contribution >= 4 is 16.5 Å². The van der Waals surface area contributed by atoms with Crippen molar-refractivity contribution in [3.05, 3.63) is 82.2 Å². The summed E-state index contributed by atoms with van der Waals surface area (Å²) in [5.41, 5.74) is 1.74. The number of fused-ring (bicyclic) bond motifs is 1. The molecule has 1 heterocycles. The quantitative estimate of drug-likeness (QED) is 0.369. The molecule has 0 atom stereocenters. The molecule has 5 nitrogen and oxygen atoms in total. The van der Waals surface area contributed by atoms with Crippen molar-refractivity contribution in [1.82, 2.24) is 0 Å². The normalized spacial score (nSPS) is 9.87. The molecule has 0 amide bonds. The first-order valence-electron chi connectivity index (χ1n) is 6.72. The molecular formula is C17H12BrN3O2. The fraction of sp³-hybridized carbons (Fsp3) is 0.0588. The van der Waals surface area contributed by atoms with Gasteiger partial charge in [-0.1, -0.05) is 18.2 Å². The van der Waals surface area contributed by atoms with Crippen LogP contribution in [0.25, 0.3) is 10.8 Å². The Bertz CT molecular complexity index is 919. The Morgan fingerprint density at radius 3 is 2.70 bits per heavy atom. The molecule has 0 unspecified atom stereocenters. The molecule has 0 aliphatic carbocycles. The summed E-state index contributed by atoms with van der Waals surface area (Å²) in [6.45, 7) is 0.605. The molecule has 0 spiro atoms. The zero-order valence-corrected chi connectivity index (χ0v) is 13.6. The van der Waals surface area contributed by atoms with E-state index in [9.17, 15) is 10.1 Å². The Labute approximate surface area is 143 Å². The maximum Gasteiger partial charge on any atom is 0.277 e. The number of nitriles is 1. The standard InChI is InChI=1S/C17H12N3O2.BrH/c18-10-13-3-1-4-14(9-13)11-19-8-7-16-15(12-19)5-2-6-17(16)20(21)22;/h1-9,12H,11H2;1H/q+1;/p-1. The number of hydrogen-bond donors (Lipinski definition) is 0. The Morgan fingerprint density at radius 2 is 1.96 bits per heavy atom. The number of nitro groups is 1. The highest BCUT2D eigenvalue weighted by Gasteiger charge is 2.14. The molecule has 0 radical (unpaired) electrons. The van der Waals surface area contributed by atoms with Crippen LogP contribution in [0.1, 0.15) is 11.1 Å². The van der Waals surface area contributed by atoms with Gasteiger partial charge in [-0.25, -0.2) is 4.57 Å². The minimum atomic E-state index is -0.372. The second kappa shape index (κ2) is 6.99. The molecule has 0 fully saturated rings. The highest BCUT2D eigenvalue weighted by Crippen LogP contribution is 2.23. The zero-order chi connectivity index (χ0) is 15.5. The van der Waals surface area contributed by atoms with Crippen LogP contribution >= 0.6 is 0 Å². The number of nitro benzene ring substituents is 1. The van der Waals surface area contributed by atoms with Crippen LogP contribution in [-0.4, -0.2) is 4.92 Å². The van der Waals surface area contributed by atoms with Gasteiger partial charge in [-0.15, -0.1) is 0 Å². The van der Waals surface area contributed by atoms with Gasteiger partial charge in [0, 0.05) is 17.7 Å². The molecule has 0 bridgehead atoms. The highest BCUT2D eigenvalue weighted by atomic mass is 79.9. The van der Waals surface area contributed by atoms with Crippen molar-refractivity contribution < 1.29 is 26.5 Å². The molecule has 1 aromatic heterocycles. The number of non-ortho nitro benzene ring substituents is 1. The third-order valence-corrected chi connectivity index (χ3v) is 3.47. The minimum absolute atomic E-state index is 0. The molecule has 0 saturated heterocycles. The third kappa shape index (κ3) is 3.52. The monoisotopic (exact) mass is 369 g/mol. The van der Waals surface area contributed by atoms with Gasteiger partial charge in [0.25, 0.3) is 5.69 Å². The molecule has 114 valence electrons. The van der Waals surface area contributed by atoms with Crippen molar-refractivity contribution in [3.8, 4) is 6.07 Å². The first kappa shape index (κ1) is 16.6. The Balaban J connectivity index is 0.00000192. The molecule has 3 aromatic rings. The van der Waals surface area contributed by atoms with Crippen molar-refractivity contribution in [1.29, 1.82) is 5.26 Å². The predicted molar refractivity (Wildman–Crippen MR) is 81.1 cm³/mol. The average molecular weight is 370 g/mol. The summed E-state index contributed by atoms with van der Waals surface area (Å²) in [6, 6.07) is 16.3. The lowest BCUT2D eigenvalue weighted by Gasteiger charge is -2.01. The fourth-order valence-corrected chi connectivity index (χ4v) is 2.46. The first-order chi connectivity index (χ1) is 10.7. The number of hydrogen-bond acceptors (Lipinski definition) is 3. The van der Waals surface area contributed by atoms with Crippen molar-refractivity contribution in [2.45, 2.75) is 6.54 Å². The van der Waals surface area contributed by atoms with E-state index in [1.54, 1.807) is 18.2 Å². The fourth-order valence-electron chi connectivity index (χ4n) is 2.46. The van der Waals surface area contributed by atoms with Gasteiger partial charge in [0.1, 0.15) is 0 Å². The van der Waals surface area contributed by atoms with Gasteiger partial charge >= 0.3 is 0 Å². The topological polar surface area (TPSA) is 70.8 Å². The van der Waals surface area contributed by atoms with Crippen molar-refractivity contribution in [3.63, 3.8) is 0 Å². The molecule has 2 aromatic carbocycles. The maximum absolute atomic E-state index is 11.0. The van der Waals surface area contributed by atoms with Gasteiger partial charge in [-0.2, -0.15) is 5.26 Å². The lowest BCUT2D eigenvalue weighted by Crippen LogP contribution is -3.00. The number of rotatable bonds is 3. The molecule has 0 aliphatic heterocycles. The maximum atomic E-state index is 11.0. The smallest absolute Gasteiger partial charge is 0.277 e. The van der Waals surface area contributed by atoms with Gasteiger partial charge in [0.05, 0.1) is 27.3 Å². The molecule has 23 heavy (non-hydrogen) atoms. The van der Waals surface area contributed by atoms with Crippen molar-refractivity contribution in [2.75, 3.05) is 0 Å². The SMILES string of the molecule is N#Cc1cccc(C[n+]2ccc3c([N+](=O)[O-])cccc3c2)c1.[Br-]. The summed E-state index contributed by atoms with van der Waals surface area (Å²) in [5, 5.41) is 21.4. The highest BCUT2D eigenvalue weighted by molar-refractivity contribution is 5.89. The summed E-state index contributed by atoms with van der Waals surface area (Å²) < 4.78 is 1.95. The summed E-state index contributed by atoms with van der Waals surface area (Å²) in [6.07, 6.45) is 3.69. The van der Waals surface area contributed by atoms with E-state index in [1.807, 2.05) is 41.2 Å². The first-order valence-corrected chi connectivity index (χ1v) is 6.72. The number of halogens is 1. The zero-order valence-electron chi connectivity index (χ0n) is 12.0. The second-order valence-electron chi connectivity index (χ2n) is 4.97. The van der Waals surface area contributed by atoms with Gasteiger partial charge in [-0.3, -0.25) is 10.1 Å². The van der Waals surface area contributed by atoms with Crippen LogP contribution in [0.2, 0.25) is 0 Å². The van der Waals surface area contributed by atoms with Crippen molar-refractivity contribution in [2.24, 2.45) is 0 Å². The van der Waals surface area contributed by atoms with E-state index >= 15 is 0 Å². The minimum Gasteiger partial charge on any atom is -1.00 e. The third-order valence-electron chi connectivity index (χ3n) is 3.47. The summed E-state index contributed by atoms with van der Waals surface area (Å²) in [7, 11) is 0. The van der Waals surface area contributed by atoms with Gasteiger partial charge < -0.3 is 17.0 Å². The van der Waals surface area contributed by atoms with Crippen LogP contribution in [0.3, 0.4) is 0 Å². The number of aromatic nitrogens is 1. The summed E-state index contributed by atoms with van der Waals surface area (Å²) >= 11 is 0. The van der Waals surface area contributed by atoms with E-state index in [0.29, 0.717) is 17.5 Å². The van der Waals surface area contributed by atoms with E-state index in [0.717, 1.165) is 10.9 Å². The van der Waals surface area contributed by atoms with E-state index in [1.165, 1.54) is 6.07 Å². The summed E-state index contributed by atoms with van der Waals surface area (Å²) in [4.78, 5) is 10.7. The molecule has 0 N–H and O–H groups in total. The van der Waals surface area contributed by atoms with E-state index < -0.39 is 0 Å². The molecular weight excluding hydrogens is 358 g/mol. The van der Waals surface area contributed by atoms with E-state index in [4.69, 9.17) is 5.26 Å². The molecule has 0 aliphatic rings. The van der Waals surface area contributed by atoms with Crippen LogP contribution < -0.4 is 21.5 Å². The van der Waals surface area contributed by atoms with Crippen LogP contribution in [0, 0.1) is 21.4 Å². The van der Waals surface area contributed by atoms with Crippen LogP contribution in [0.5, 0.6) is 0 Å². The number of nitrogens with zero attached hydrogens (tertiary/aromatic N) is 3. The summed E-state index contributed by atoms with van der Waals surface area (Å²) in [5.74, 6) is 0. The van der Waals surface area contributed by atoms with Gasteiger partial charge in [0.2, 0.25) is 0 Å². The number of pyridine rings is 1. The Hall–Kier alpha value is -2.78. The van der Waals surface area contributed by atoms with E-state index in [-0.39, 0.29) is 27.6 Å². The van der Waals surface area contributed by atoms with Crippen LogP contribution in [0.15, 0.2) is 60.9 Å². The molecule has 0 saturated carbocycles. The van der Waals surface area contributed by atoms with E-state index in [2.05, 4.69) is 6.07 Å². The molecule has 3 rings (SSSR count). The van der Waals surface area contributed by atoms with Gasteiger partial charge in [0.15, 0.2) is 18.9 Å². The Morgan fingerprint density at radius 1 is 1.17 bits per heavy atom. The van der Waals surface area contributed by atoms with Gasteiger partial charge in [-0.05, 0) is 18.2 Å². The lowest BCUT2D eigenvalue weighted by molar-refractivity contribution is -0.687. The van der Waals surface area contributed by atoms with Crippen LogP contribution in [-0.2, 0) is 6.54 Å². The number of benzene rings is 2. The average Bonchev–Trinajstić information content (AvgIpc) is 2.54. The lowest BCUT2D eigenvalue weighted by atomic mass is 10.1. The van der Waals surface area contributed by atoms with Crippen LogP contribution in [0.4, 0.5) is 5.69 Å². The predicted octanol–water partition coefficient (Wildman–Crippen LogP) is -0.0405. The Kier molecular flexibility index (Phi) is 5.04. The second-order valence-corrected chi connectivity index (χ2v) is 4.97.